The highest BCUT2D eigenvalue weighted by Gasteiger charge is 2.08. The summed E-state index contributed by atoms with van der Waals surface area (Å²) in [6.07, 6.45) is -0.901. The van der Waals surface area contributed by atoms with Crippen LogP contribution >= 0.6 is 0 Å². The van der Waals surface area contributed by atoms with E-state index >= 15 is 0 Å². The minimum Gasteiger partial charge on any atom is -0.489 e. The van der Waals surface area contributed by atoms with Crippen molar-refractivity contribution < 1.29 is 23.4 Å². The molecule has 7 nitrogen and oxygen atoms in total. The fraction of sp³-hybridized carbons (Fsp3) is 0.158. The lowest BCUT2D eigenvalue weighted by molar-refractivity contribution is 0.195. The highest BCUT2D eigenvalue weighted by atomic mass is 19.1. The number of benzene rings is 2. The summed E-state index contributed by atoms with van der Waals surface area (Å²) in [5.41, 5.74) is 2.45. The third-order valence-electron chi connectivity index (χ3n) is 3.69. The van der Waals surface area contributed by atoms with E-state index in [0.717, 1.165) is 5.56 Å². The molecule has 0 unspecified atom stereocenters. The van der Waals surface area contributed by atoms with Gasteiger partial charge in [0.15, 0.2) is 5.58 Å². The molecule has 0 spiro atoms. The van der Waals surface area contributed by atoms with Gasteiger partial charge in [-0.2, -0.15) is 4.98 Å². The van der Waals surface area contributed by atoms with Crippen molar-refractivity contribution in [1.29, 1.82) is 0 Å². The topological polar surface area (TPSA) is 96.6 Å². The predicted octanol–water partition coefficient (Wildman–Crippen LogP) is 3.94. The Morgan fingerprint density at radius 3 is 2.81 bits per heavy atom. The van der Waals surface area contributed by atoms with E-state index in [0.29, 0.717) is 35.7 Å². The second-order valence-electron chi connectivity index (χ2n) is 5.70. The van der Waals surface area contributed by atoms with Gasteiger partial charge in [-0.25, -0.2) is 9.18 Å². The Balaban J connectivity index is 1.60. The normalized spacial score (nSPS) is 11.4. The average Bonchev–Trinajstić information content (AvgIpc) is 3.09. The summed E-state index contributed by atoms with van der Waals surface area (Å²) in [4.78, 5) is 14.8. The van der Waals surface area contributed by atoms with Gasteiger partial charge in [0.05, 0.1) is 6.33 Å². The fourth-order valence-electron chi connectivity index (χ4n) is 2.33. The summed E-state index contributed by atoms with van der Waals surface area (Å²) >= 11 is 0. The first kappa shape index (κ1) is 18.2. The number of aromatic nitrogens is 1. The Kier molecular flexibility index (Phi) is 5.88. The van der Waals surface area contributed by atoms with Crippen LogP contribution in [-0.2, 0) is 6.54 Å². The molecule has 0 atom stereocenters. The number of fused-ring (bicyclic) bond motifs is 1. The molecule has 1 amide bonds. The molecule has 0 saturated carbocycles. The van der Waals surface area contributed by atoms with Gasteiger partial charge in [-0.05, 0) is 17.7 Å². The highest BCUT2D eigenvalue weighted by Crippen LogP contribution is 2.24. The van der Waals surface area contributed by atoms with Crippen molar-refractivity contribution in [2.75, 3.05) is 18.5 Å². The molecule has 140 valence electrons. The zero-order valence-corrected chi connectivity index (χ0v) is 14.3. The summed E-state index contributed by atoms with van der Waals surface area (Å²) in [7, 11) is 0. The van der Waals surface area contributed by atoms with Gasteiger partial charge >= 0.3 is 6.09 Å². The van der Waals surface area contributed by atoms with Crippen LogP contribution in [0.5, 0.6) is 5.75 Å². The molecule has 0 fully saturated rings. The molecule has 8 heteroatoms. The van der Waals surface area contributed by atoms with Crippen molar-refractivity contribution in [1.82, 2.24) is 10.3 Å². The number of carbonyl (C=O) groups is 1. The zero-order valence-electron chi connectivity index (χ0n) is 14.3. The standard InChI is InChI=1S/C19H18FN3O4/c20-9-14(11-22-19(24)25)12-26-15-6-7-16-17(8-15)27-18(23-16)21-10-13-4-2-1-3-5-13/h1-9,22H,10-12H2,(H,21,23)(H,24,25)/b14-9+. The average molecular weight is 371 g/mol. The lowest BCUT2D eigenvalue weighted by atomic mass is 10.2. The molecule has 0 saturated heterocycles. The van der Waals surface area contributed by atoms with E-state index in [9.17, 15) is 9.18 Å². The van der Waals surface area contributed by atoms with E-state index in [1.165, 1.54) is 0 Å². The monoisotopic (exact) mass is 371 g/mol. The van der Waals surface area contributed by atoms with E-state index in [1.54, 1.807) is 18.2 Å². The number of halogens is 1. The minimum atomic E-state index is -1.23. The number of amides is 1. The molecule has 1 aromatic heterocycles. The number of nitrogens with one attached hydrogen (secondary N) is 2. The zero-order chi connectivity index (χ0) is 19.1. The molecule has 3 N–H and O–H groups in total. The molecule has 27 heavy (non-hydrogen) atoms. The van der Waals surface area contributed by atoms with E-state index in [-0.39, 0.29) is 18.7 Å². The van der Waals surface area contributed by atoms with Gasteiger partial charge in [-0.3, -0.25) is 0 Å². The predicted molar refractivity (Wildman–Crippen MR) is 98.5 cm³/mol. The van der Waals surface area contributed by atoms with Crippen LogP contribution in [-0.4, -0.2) is 29.3 Å². The quantitative estimate of drug-likeness (QED) is 0.555. The third kappa shape index (κ3) is 5.21. The summed E-state index contributed by atoms with van der Waals surface area (Å²) in [6, 6.07) is 15.3. The van der Waals surface area contributed by atoms with E-state index in [2.05, 4.69) is 15.6 Å². The number of oxazole rings is 1. The van der Waals surface area contributed by atoms with E-state index in [4.69, 9.17) is 14.3 Å². The highest BCUT2D eigenvalue weighted by molar-refractivity contribution is 5.76. The Morgan fingerprint density at radius 1 is 1.26 bits per heavy atom. The minimum absolute atomic E-state index is 0.0878. The smallest absolute Gasteiger partial charge is 0.404 e. The van der Waals surface area contributed by atoms with Crippen molar-refractivity contribution in [3.05, 3.63) is 66.0 Å². The van der Waals surface area contributed by atoms with Crippen LogP contribution in [0.4, 0.5) is 15.2 Å². The van der Waals surface area contributed by atoms with Crippen LogP contribution in [0.2, 0.25) is 0 Å². The molecule has 2 aromatic carbocycles. The number of anilines is 1. The first-order chi connectivity index (χ1) is 13.1. The Labute approximate surface area is 154 Å². The molecule has 3 aromatic rings. The van der Waals surface area contributed by atoms with Gasteiger partial charge < -0.3 is 24.9 Å². The second-order valence-corrected chi connectivity index (χ2v) is 5.70. The maximum absolute atomic E-state index is 12.8. The van der Waals surface area contributed by atoms with Crippen molar-refractivity contribution >= 4 is 23.2 Å². The second kappa shape index (κ2) is 8.70. The summed E-state index contributed by atoms with van der Waals surface area (Å²) in [6.45, 7) is 0.345. The number of carboxylic acid groups (broad SMARTS) is 1. The lowest BCUT2D eigenvalue weighted by Crippen LogP contribution is -2.25. The summed E-state index contributed by atoms with van der Waals surface area (Å²) in [5.74, 6) is 0.461. The van der Waals surface area contributed by atoms with Gasteiger partial charge in [-0.15, -0.1) is 0 Å². The van der Waals surface area contributed by atoms with Crippen molar-refractivity contribution in [2.45, 2.75) is 6.54 Å². The molecule has 0 aliphatic rings. The first-order valence-corrected chi connectivity index (χ1v) is 8.20. The number of hydrogen-bond donors (Lipinski definition) is 3. The number of hydrogen-bond acceptors (Lipinski definition) is 5. The fourth-order valence-corrected chi connectivity index (χ4v) is 2.33. The largest absolute Gasteiger partial charge is 0.489 e. The molecule has 0 aliphatic carbocycles. The van der Waals surface area contributed by atoms with Gasteiger partial charge in [0.2, 0.25) is 0 Å². The maximum atomic E-state index is 12.8. The number of nitrogens with zero attached hydrogens (tertiary/aromatic N) is 1. The SMILES string of the molecule is O=C(O)NC/C(=C\F)COc1ccc2nc(NCc3ccccc3)oc2c1. The first-order valence-electron chi connectivity index (χ1n) is 8.20. The van der Waals surface area contributed by atoms with Crippen LogP contribution < -0.4 is 15.4 Å². The van der Waals surface area contributed by atoms with E-state index in [1.807, 2.05) is 30.3 Å². The van der Waals surface area contributed by atoms with Crippen molar-refractivity contribution in [3.8, 4) is 5.75 Å². The molecule has 3 rings (SSSR count). The molecular formula is C19H18FN3O4. The maximum Gasteiger partial charge on any atom is 0.404 e. The van der Waals surface area contributed by atoms with Crippen molar-refractivity contribution in [2.24, 2.45) is 0 Å². The van der Waals surface area contributed by atoms with Crippen LogP contribution in [0.15, 0.2) is 64.9 Å². The Hall–Kier alpha value is -3.55. The van der Waals surface area contributed by atoms with Gasteiger partial charge in [0.25, 0.3) is 6.01 Å². The molecular weight excluding hydrogens is 353 g/mol. The molecule has 0 bridgehead atoms. The van der Waals surface area contributed by atoms with Crippen LogP contribution in [0.3, 0.4) is 0 Å². The summed E-state index contributed by atoms with van der Waals surface area (Å²) in [5, 5.41) is 13.8. The third-order valence-corrected chi connectivity index (χ3v) is 3.69. The number of rotatable bonds is 8. The molecule has 0 aliphatic heterocycles. The van der Waals surface area contributed by atoms with Crippen molar-refractivity contribution in [3.63, 3.8) is 0 Å². The molecule has 1 heterocycles. The van der Waals surface area contributed by atoms with Crippen LogP contribution in [0.25, 0.3) is 11.1 Å². The summed E-state index contributed by atoms with van der Waals surface area (Å²) < 4.78 is 23.9. The van der Waals surface area contributed by atoms with Crippen LogP contribution in [0.1, 0.15) is 5.56 Å². The Bertz CT molecular complexity index is 941. The van der Waals surface area contributed by atoms with Crippen LogP contribution in [0, 0.1) is 0 Å². The van der Waals surface area contributed by atoms with Gasteiger partial charge in [0, 0.05) is 24.7 Å². The lowest BCUT2D eigenvalue weighted by Gasteiger charge is -2.08. The van der Waals surface area contributed by atoms with Gasteiger partial charge in [0.1, 0.15) is 17.9 Å². The van der Waals surface area contributed by atoms with E-state index < -0.39 is 6.09 Å². The number of ether oxygens (including phenoxy) is 1. The van der Waals surface area contributed by atoms with Gasteiger partial charge in [-0.1, -0.05) is 30.3 Å². The molecule has 0 radical (unpaired) electrons. The Morgan fingerprint density at radius 2 is 2.07 bits per heavy atom.